The molecule has 2 aromatic rings. The highest BCUT2D eigenvalue weighted by Gasteiger charge is 2.14. The van der Waals surface area contributed by atoms with Crippen LogP contribution in [0.5, 0.6) is 0 Å². The van der Waals surface area contributed by atoms with Crippen molar-refractivity contribution in [2.75, 3.05) is 6.54 Å². The number of thiazole rings is 1. The first-order chi connectivity index (χ1) is 9.58. The molecule has 0 spiro atoms. The lowest BCUT2D eigenvalue weighted by atomic mass is 10.1. The summed E-state index contributed by atoms with van der Waals surface area (Å²) in [6, 6.07) is 4.46. The van der Waals surface area contributed by atoms with Gasteiger partial charge in [-0.2, -0.15) is 0 Å². The number of benzene rings is 1. The second kappa shape index (κ2) is 6.25. The van der Waals surface area contributed by atoms with E-state index in [1.807, 2.05) is 5.38 Å². The fourth-order valence-corrected chi connectivity index (χ4v) is 2.31. The number of carbonyl (C=O) groups excluding carboxylic acids is 1. The monoisotopic (exact) mass is 291 g/mol. The Morgan fingerprint density at radius 2 is 2.30 bits per heavy atom. The molecule has 0 atom stereocenters. The zero-order chi connectivity index (χ0) is 14.5. The number of nitro benzene ring substituents is 1. The first-order valence-corrected chi connectivity index (χ1v) is 6.92. The molecule has 20 heavy (non-hydrogen) atoms. The van der Waals surface area contributed by atoms with Gasteiger partial charge in [-0.3, -0.25) is 14.9 Å². The Labute approximate surface area is 119 Å². The maximum absolute atomic E-state index is 11.9. The van der Waals surface area contributed by atoms with E-state index in [-0.39, 0.29) is 11.6 Å². The summed E-state index contributed by atoms with van der Waals surface area (Å²) in [7, 11) is 0. The van der Waals surface area contributed by atoms with Gasteiger partial charge in [-0.05, 0) is 13.0 Å². The SMILES string of the molecule is Cc1ccc(C(=O)NCCc2cscn2)cc1[N+](=O)[O-]. The molecule has 0 radical (unpaired) electrons. The molecule has 1 N–H and O–H groups in total. The fraction of sp³-hybridized carbons (Fsp3) is 0.231. The summed E-state index contributed by atoms with van der Waals surface area (Å²) in [5, 5.41) is 15.5. The zero-order valence-electron chi connectivity index (χ0n) is 10.8. The molecule has 0 aliphatic rings. The highest BCUT2D eigenvalue weighted by Crippen LogP contribution is 2.19. The molecule has 0 aliphatic carbocycles. The third-order valence-electron chi connectivity index (χ3n) is 2.82. The van der Waals surface area contributed by atoms with Crippen molar-refractivity contribution in [3.63, 3.8) is 0 Å². The summed E-state index contributed by atoms with van der Waals surface area (Å²) >= 11 is 1.50. The highest BCUT2D eigenvalue weighted by molar-refractivity contribution is 7.07. The minimum atomic E-state index is -0.485. The van der Waals surface area contributed by atoms with Crippen LogP contribution in [0, 0.1) is 17.0 Å². The lowest BCUT2D eigenvalue weighted by molar-refractivity contribution is -0.385. The topological polar surface area (TPSA) is 85.1 Å². The van der Waals surface area contributed by atoms with E-state index in [1.165, 1.54) is 17.4 Å². The third kappa shape index (κ3) is 3.39. The lowest BCUT2D eigenvalue weighted by Gasteiger charge is -2.05. The molecule has 0 saturated carbocycles. The molecule has 6 nitrogen and oxygen atoms in total. The van der Waals surface area contributed by atoms with Gasteiger partial charge in [-0.15, -0.1) is 11.3 Å². The van der Waals surface area contributed by atoms with Gasteiger partial charge < -0.3 is 5.32 Å². The summed E-state index contributed by atoms with van der Waals surface area (Å²) in [6.07, 6.45) is 0.642. The van der Waals surface area contributed by atoms with Gasteiger partial charge in [0.25, 0.3) is 11.6 Å². The van der Waals surface area contributed by atoms with Crippen LogP contribution in [0.15, 0.2) is 29.1 Å². The highest BCUT2D eigenvalue weighted by atomic mass is 32.1. The molecule has 0 bridgehead atoms. The van der Waals surface area contributed by atoms with Gasteiger partial charge in [0.2, 0.25) is 0 Å². The summed E-state index contributed by atoms with van der Waals surface area (Å²) in [5.41, 5.74) is 3.44. The molecule has 1 aromatic carbocycles. The van der Waals surface area contributed by atoms with Crippen molar-refractivity contribution in [1.29, 1.82) is 0 Å². The predicted octanol–water partition coefficient (Wildman–Crippen LogP) is 2.33. The second-order valence-corrected chi connectivity index (χ2v) is 4.96. The minimum absolute atomic E-state index is 0.0443. The maximum atomic E-state index is 11.9. The first kappa shape index (κ1) is 14.1. The Bertz CT molecular complexity index is 626. The van der Waals surface area contributed by atoms with E-state index >= 15 is 0 Å². The van der Waals surface area contributed by atoms with Crippen LogP contribution < -0.4 is 5.32 Å². The van der Waals surface area contributed by atoms with Crippen LogP contribution in [0.2, 0.25) is 0 Å². The number of rotatable bonds is 5. The number of aromatic nitrogens is 1. The molecule has 0 unspecified atom stereocenters. The van der Waals surface area contributed by atoms with E-state index in [0.717, 1.165) is 5.69 Å². The van der Waals surface area contributed by atoms with Crippen molar-refractivity contribution < 1.29 is 9.72 Å². The predicted molar refractivity (Wildman–Crippen MR) is 76.0 cm³/mol. The third-order valence-corrected chi connectivity index (χ3v) is 3.45. The fourth-order valence-electron chi connectivity index (χ4n) is 1.71. The van der Waals surface area contributed by atoms with Crippen LogP contribution in [-0.2, 0) is 6.42 Å². The summed E-state index contributed by atoms with van der Waals surface area (Å²) in [6.45, 7) is 2.09. The Morgan fingerprint density at radius 1 is 1.50 bits per heavy atom. The molecule has 0 aliphatic heterocycles. The van der Waals surface area contributed by atoms with Crippen molar-refractivity contribution >= 4 is 22.9 Å². The summed E-state index contributed by atoms with van der Waals surface area (Å²) in [4.78, 5) is 26.4. The average molecular weight is 291 g/mol. The summed E-state index contributed by atoms with van der Waals surface area (Å²) in [5.74, 6) is -0.316. The number of carbonyl (C=O) groups is 1. The first-order valence-electron chi connectivity index (χ1n) is 5.98. The molecule has 7 heteroatoms. The largest absolute Gasteiger partial charge is 0.352 e. The molecule has 0 saturated heterocycles. The number of aryl methyl sites for hydroxylation is 1. The normalized spacial score (nSPS) is 10.2. The quantitative estimate of drug-likeness (QED) is 0.676. The average Bonchev–Trinajstić information content (AvgIpc) is 2.92. The number of nitrogens with one attached hydrogen (secondary N) is 1. The zero-order valence-corrected chi connectivity index (χ0v) is 11.6. The van der Waals surface area contributed by atoms with Crippen LogP contribution in [0.3, 0.4) is 0 Å². The van der Waals surface area contributed by atoms with Gasteiger partial charge >= 0.3 is 0 Å². The number of hydrogen-bond acceptors (Lipinski definition) is 5. The van der Waals surface area contributed by atoms with Gasteiger partial charge in [0.1, 0.15) is 0 Å². The molecular weight excluding hydrogens is 278 g/mol. The summed E-state index contributed by atoms with van der Waals surface area (Å²) < 4.78 is 0. The van der Waals surface area contributed by atoms with E-state index in [1.54, 1.807) is 24.6 Å². The number of hydrogen-bond donors (Lipinski definition) is 1. The van der Waals surface area contributed by atoms with Crippen molar-refractivity contribution in [3.8, 4) is 0 Å². The molecule has 104 valence electrons. The molecule has 1 aromatic heterocycles. The van der Waals surface area contributed by atoms with Crippen molar-refractivity contribution in [1.82, 2.24) is 10.3 Å². The second-order valence-electron chi connectivity index (χ2n) is 4.24. The molecule has 2 rings (SSSR count). The van der Waals surface area contributed by atoms with Gasteiger partial charge in [0.15, 0.2) is 0 Å². The van der Waals surface area contributed by atoms with E-state index in [2.05, 4.69) is 10.3 Å². The smallest absolute Gasteiger partial charge is 0.273 e. The van der Waals surface area contributed by atoms with Gasteiger partial charge in [0, 0.05) is 35.5 Å². The van der Waals surface area contributed by atoms with E-state index in [0.29, 0.717) is 24.1 Å². The van der Waals surface area contributed by atoms with E-state index < -0.39 is 4.92 Å². The standard InChI is InChI=1S/C13H13N3O3S/c1-9-2-3-10(6-12(9)16(18)19)13(17)14-5-4-11-7-20-8-15-11/h2-3,6-8H,4-5H2,1H3,(H,14,17). The van der Waals surface area contributed by atoms with Crippen molar-refractivity contribution in [2.45, 2.75) is 13.3 Å². The Kier molecular flexibility index (Phi) is 4.41. The number of nitrogens with zero attached hydrogens (tertiary/aromatic N) is 2. The van der Waals surface area contributed by atoms with Crippen LogP contribution >= 0.6 is 11.3 Å². The number of nitro groups is 1. The van der Waals surface area contributed by atoms with Gasteiger partial charge in [-0.1, -0.05) is 6.07 Å². The molecule has 1 amide bonds. The van der Waals surface area contributed by atoms with Crippen LogP contribution in [0.4, 0.5) is 5.69 Å². The lowest BCUT2D eigenvalue weighted by Crippen LogP contribution is -2.25. The van der Waals surface area contributed by atoms with E-state index in [4.69, 9.17) is 0 Å². The molecule has 1 heterocycles. The van der Waals surface area contributed by atoms with Crippen LogP contribution in [-0.4, -0.2) is 22.4 Å². The Morgan fingerprint density at radius 3 is 2.95 bits per heavy atom. The van der Waals surface area contributed by atoms with Crippen molar-refractivity contribution in [2.24, 2.45) is 0 Å². The van der Waals surface area contributed by atoms with Crippen LogP contribution in [0.1, 0.15) is 21.6 Å². The van der Waals surface area contributed by atoms with Gasteiger partial charge in [-0.25, -0.2) is 4.98 Å². The maximum Gasteiger partial charge on any atom is 0.273 e. The molecular formula is C13H13N3O3S. The van der Waals surface area contributed by atoms with E-state index in [9.17, 15) is 14.9 Å². The van der Waals surface area contributed by atoms with Crippen molar-refractivity contribution in [3.05, 3.63) is 56.0 Å². The van der Waals surface area contributed by atoms with Gasteiger partial charge in [0.05, 0.1) is 16.1 Å². The number of amides is 1. The Hall–Kier alpha value is -2.28. The van der Waals surface area contributed by atoms with Crippen LogP contribution in [0.25, 0.3) is 0 Å². The molecule has 0 fully saturated rings. The minimum Gasteiger partial charge on any atom is -0.352 e. The Balaban J connectivity index is 1.98.